The molecule has 0 saturated carbocycles. The fraction of sp³-hybridized carbons (Fsp3) is 0.167. The smallest absolute Gasteiger partial charge is 0.308 e. The predicted octanol–water partition coefficient (Wildman–Crippen LogP) is 10.5. The van der Waals surface area contributed by atoms with Gasteiger partial charge in [0.15, 0.2) is 0 Å². The van der Waals surface area contributed by atoms with E-state index >= 15 is 0 Å². The standard InChI is InChI=1S/C54H54N15O7P/c1-37-10-4-7-13-49(37)58-52(70)55-40-16-22-46(23-17-40)67-34-43(61-64-67)28-31-74-77(73,75-32-29-44-35-68(65-62-44)47-24-18-41(19-25-47)56-53(71)59-50-14-8-5-11-38(50)2)76-33-30-45-36-69(66-63-45)48-26-20-42(21-27-48)57-54(72)60-51-15-9-6-12-39(51)3/h4-27,34-36H,28-33H2,1-3H3,(H2,55,58,70)(H2,56,59,71)(H2,57,60,72). The fourth-order valence-corrected chi connectivity index (χ4v) is 8.77. The van der Waals surface area contributed by atoms with Crippen LogP contribution < -0.4 is 31.9 Å². The van der Waals surface area contributed by atoms with E-state index in [1.165, 1.54) is 0 Å². The van der Waals surface area contributed by atoms with E-state index in [1.807, 2.05) is 93.6 Å². The summed E-state index contributed by atoms with van der Waals surface area (Å²) in [6.45, 7) is 5.49. The molecule has 9 aromatic rings. The number of nitrogens with one attached hydrogen (secondary N) is 6. The fourth-order valence-electron chi connectivity index (χ4n) is 7.60. The van der Waals surface area contributed by atoms with Crippen molar-refractivity contribution in [2.24, 2.45) is 0 Å². The summed E-state index contributed by atoms with van der Waals surface area (Å²) in [6.07, 6.45) is 5.81. The molecule has 0 fully saturated rings. The molecule has 0 aliphatic rings. The topological polar surface area (TPSA) is 260 Å². The summed E-state index contributed by atoms with van der Waals surface area (Å²) in [5.74, 6) is 0. The maximum Gasteiger partial charge on any atom is 0.474 e. The molecule has 0 spiro atoms. The van der Waals surface area contributed by atoms with Gasteiger partial charge in [0, 0.05) is 53.4 Å². The van der Waals surface area contributed by atoms with Gasteiger partial charge in [-0.2, -0.15) is 0 Å². The zero-order chi connectivity index (χ0) is 53.6. The SMILES string of the molecule is Cc1ccccc1NC(=O)Nc1ccc(-n2cc(CCOP(=O)(OCCc3cn(-c4ccc(NC(=O)Nc5ccccc5C)cc4)nn3)OCCc3cn(-c4ccc(NC(=O)Nc5ccccc5C)cc4)nn3)nn2)cc1. The summed E-state index contributed by atoms with van der Waals surface area (Å²) in [7, 11) is -4.20. The van der Waals surface area contributed by atoms with E-state index in [0.29, 0.717) is 68.3 Å². The molecule has 9 rings (SSSR count). The van der Waals surface area contributed by atoms with Crippen LogP contribution in [0.5, 0.6) is 0 Å². The molecular weight excluding hydrogens is 1000 g/mol. The van der Waals surface area contributed by atoms with Crippen molar-refractivity contribution in [3.63, 3.8) is 0 Å². The molecule has 6 amide bonds. The lowest BCUT2D eigenvalue weighted by atomic mass is 10.2. The molecule has 0 radical (unpaired) electrons. The van der Waals surface area contributed by atoms with Gasteiger partial charge in [0.1, 0.15) is 0 Å². The molecule has 0 aliphatic heterocycles. The van der Waals surface area contributed by atoms with Crippen molar-refractivity contribution in [1.29, 1.82) is 0 Å². The molecule has 3 aromatic heterocycles. The number of rotatable bonds is 21. The van der Waals surface area contributed by atoms with E-state index in [9.17, 15) is 18.9 Å². The zero-order valence-corrected chi connectivity index (χ0v) is 43.1. The van der Waals surface area contributed by atoms with Crippen molar-refractivity contribution >= 4 is 60.0 Å². The summed E-state index contributed by atoms with van der Waals surface area (Å²) >= 11 is 0. The van der Waals surface area contributed by atoms with Gasteiger partial charge in [-0.3, -0.25) is 13.6 Å². The minimum absolute atomic E-state index is 0.0853. The van der Waals surface area contributed by atoms with Crippen molar-refractivity contribution in [2.45, 2.75) is 40.0 Å². The Bertz CT molecular complexity index is 3150. The minimum atomic E-state index is -4.20. The largest absolute Gasteiger partial charge is 0.474 e. The van der Waals surface area contributed by atoms with E-state index in [4.69, 9.17) is 13.6 Å². The highest BCUT2D eigenvalue weighted by Gasteiger charge is 2.27. The van der Waals surface area contributed by atoms with Crippen molar-refractivity contribution in [3.8, 4) is 17.1 Å². The Balaban J connectivity index is 0.791. The number of benzene rings is 6. The lowest BCUT2D eigenvalue weighted by Gasteiger charge is -2.17. The Morgan fingerprint density at radius 3 is 0.948 bits per heavy atom. The highest BCUT2D eigenvalue weighted by atomic mass is 31.2. The average molecular weight is 1060 g/mol. The highest BCUT2D eigenvalue weighted by molar-refractivity contribution is 7.48. The van der Waals surface area contributed by atoms with Crippen LogP contribution in [-0.2, 0) is 37.4 Å². The average Bonchev–Trinajstić information content (AvgIpc) is 4.22. The number of aryl methyl sites for hydroxylation is 3. The van der Waals surface area contributed by atoms with E-state index in [-0.39, 0.29) is 57.2 Å². The highest BCUT2D eigenvalue weighted by Crippen LogP contribution is 2.49. The van der Waals surface area contributed by atoms with Crippen LogP contribution >= 0.6 is 7.82 Å². The number of para-hydroxylation sites is 3. The van der Waals surface area contributed by atoms with Crippen molar-refractivity contribution in [1.82, 2.24) is 45.0 Å². The van der Waals surface area contributed by atoms with Gasteiger partial charge < -0.3 is 31.9 Å². The number of phosphoric acid groups is 1. The number of urea groups is 3. The minimum Gasteiger partial charge on any atom is -0.308 e. The van der Waals surface area contributed by atoms with E-state index in [2.05, 4.69) is 62.8 Å². The van der Waals surface area contributed by atoms with Gasteiger partial charge in [0.2, 0.25) is 0 Å². The molecule has 0 unspecified atom stereocenters. The first-order chi connectivity index (χ1) is 37.4. The van der Waals surface area contributed by atoms with E-state index in [1.54, 1.807) is 105 Å². The Morgan fingerprint density at radius 2 is 0.675 bits per heavy atom. The summed E-state index contributed by atoms with van der Waals surface area (Å²) in [6, 6.07) is 42.7. The molecule has 6 N–H and O–H groups in total. The first-order valence-electron chi connectivity index (χ1n) is 24.4. The molecule has 0 saturated heterocycles. The molecular formula is C54H54N15O7P. The molecule has 6 aromatic carbocycles. The van der Waals surface area contributed by atoms with Crippen LogP contribution in [-0.4, -0.2) is 82.9 Å². The number of nitrogens with zero attached hydrogens (tertiary/aromatic N) is 9. The first-order valence-corrected chi connectivity index (χ1v) is 25.9. The van der Waals surface area contributed by atoms with Crippen LogP contribution in [0.4, 0.5) is 48.5 Å². The quantitative estimate of drug-likeness (QED) is 0.0366. The number of carbonyl (C=O) groups excluding carboxylic acids is 3. The Labute approximate surface area is 442 Å². The third-order valence-electron chi connectivity index (χ3n) is 11.8. The number of carbonyl (C=O) groups is 3. The summed E-state index contributed by atoms with van der Waals surface area (Å²) in [5.41, 5.74) is 10.5. The van der Waals surface area contributed by atoms with Crippen LogP contribution in [0.25, 0.3) is 17.1 Å². The molecule has 0 bridgehead atoms. The van der Waals surface area contributed by atoms with Crippen molar-refractivity contribution in [2.75, 3.05) is 51.7 Å². The second-order valence-electron chi connectivity index (χ2n) is 17.5. The first kappa shape index (κ1) is 52.5. The van der Waals surface area contributed by atoms with Gasteiger partial charge >= 0.3 is 25.9 Å². The van der Waals surface area contributed by atoms with Crippen LogP contribution in [0.3, 0.4) is 0 Å². The number of phosphoric ester groups is 1. The molecule has 0 atom stereocenters. The normalized spacial score (nSPS) is 11.2. The summed E-state index contributed by atoms with van der Waals surface area (Å²) < 4.78 is 36.6. The number of hydrogen-bond acceptors (Lipinski definition) is 13. The number of anilines is 6. The Hall–Kier alpha value is -9.34. The van der Waals surface area contributed by atoms with Gasteiger partial charge in [-0.1, -0.05) is 70.2 Å². The Morgan fingerprint density at radius 1 is 0.403 bits per heavy atom. The van der Waals surface area contributed by atoms with Gasteiger partial charge in [-0.15, -0.1) is 15.3 Å². The lowest BCUT2D eigenvalue weighted by molar-refractivity contribution is 0.115. The molecule has 77 heavy (non-hydrogen) atoms. The number of aromatic nitrogens is 9. The zero-order valence-electron chi connectivity index (χ0n) is 42.2. The monoisotopic (exact) mass is 1060 g/mol. The van der Waals surface area contributed by atoms with Crippen LogP contribution in [0.1, 0.15) is 33.8 Å². The van der Waals surface area contributed by atoms with Gasteiger partial charge in [-0.05, 0) is 128 Å². The molecule has 3 heterocycles. The lowest BCUT2D eigenvalue weighted by Crippen LogP contribution is -2.19. The molecule has 392 valence electrons. The summed E-state index contributed by atoms with van der Waals surface area (Å²) in [4.78, 5) is 37.9. The van der Waals surface area contributed by atoms with Crippen molar-refractivity contribution in [3.05, 3.63) is 198 Å². The van der Waals surface area contributed by atoms with E-state index in [0.717, 1.165) is 16.7 Å². The van der Waals surface area contributed by atoms with Crippen LogP contribution in [0.15, 0.2) is 164 Å². The third kappa shape index (κ3) is 14.7. The van der Waals surface area contributed by atoms with Gasteiger partial charge in [-0.25, -0.2) is 33.0 Å². The van der Waals surface area contributed by atoms with Gasteiger partial charge in [0.05, 0.1) is 72.6 Å². The van der Waals surface area contributed by atoms with Crippen LogP contribution in [0.2, 0.25) is 0 Å². The van der Waals surface area contributed by atoms with Crippen LogP contribution in [0, 0.1) is 20.8 Å². The second kappa shape index (κ2) is 24.8. The van der Waals surface area contributed by atoms with Crippen molar-refractivity contribution < 1.29 is 32.5 Å². The number of hydrogen-bond donors (Lipinski definition) is 6. The second-order valence-corrected chi connectivity index (χ2v) is 19.2. The predicted molar refractivity (Wildman–Crippen MR) is 292 cm³/mol. The molecule has 0 aliphatic carbocycles. The number of amides is 6. The van der Waals surface area contributed by atoms with E-state index < -0.39 is 7.82 Å². The third-order valence-corrected chi connectivity index (χ3v) is 13.3. The summed E-state index contributed by atoms with van der Waals surface area (Å²) in [5, 5.41) is 42.6. The molecule has 23 heteroatoms. The maximum absolute atomic E-state index is 14.3. The van der Waals surface area contributed by atoms with Gasteiger partial charge in [0.25, 0.3) is 0 Å². The molecule has 22 nitrogen and oxygen atoms in total. The maximum atomic E-state index is 14.3. The Kier molecular flexibility index (Phi) is 16.9.